The van der Waals surface area contributed by atoms with Crippen LogP contribution in [0.3, 0.4) is 0 Å². The molecular formula is C19H21NO4. The number of ketones is 1. The van der Waals surface area contributed by atoms with Gasteiger partial charge in [0.2, 0.25) is 5.78 Å². The molecular weight excluding hydrogens is 306 g/mol. The first-order valence-corrected chi connectivity index (χ1v) is 8.25. The molecule has 1 aromatic heterocycles. The lowest BCUT2D eigenvalue weighted by molar-refractivity contribution is 0.00805. The number of fused-ring (bicyclic) bond motifs is 1. The molecule has 1 unspecified atom stereocenters. The topological polar surface area (TPSA) is 57.7 Å². The molecule has 5 nitrogen and oxygen atoms in total. The molecule has 5 heteroatoms. The van der Waals surface area contributed by atoms with E-state index in [-0.39, 0.29) is 11.9 Å². The van der Waals surface area contributed by atoms with Crippen LogP contribution in [0.15, 0.2) is 42.6 Å². The number of carbonyl (C=O) groups is 1. The Morgan fingerprint density at radius 3 is 3.00 bits per heavy atom. The highest BCUT2D eigenvalue weighted by Crippen LogP contribution is 2.33. The first-order chi connectivity index (χ1) is 11.8. The molecule has 0 bridgehead atoms. The van der Waals surface area contributed by atoms with Gasteiger partial charge in [-0.25, -0.2) is 0 Å². The Labute approximate surface area is 141 Å². The average Bonchev–Trinajstić information content (AvgIpc) is 2.65. The Hall–Kier alpha value is -2.40. The summed E-state index contributed by atoms with van der Waals surface area (Å²) < 4.78 is 17.2. The van der Waals surface area contributed by atoms with Crippen LogP contribution in [0.4, 0.5) is 0 Å². The van der Waals surface area contributed by atoms with Crippen LogP contribution in [0, 0.1) is 0 Å². The Bertz CT molecular complexity index is 687. The fourth-order valence-corrected chi connectivity index (χ4v) is 2.45. The van der Waals surface area contributed by atoms with E-state index in [2.05, 4.69) is 11.9 Å². The Balaban J connectivity index is 1.68. The van der Waals surface area contributed by atoms with Gasteiger partial charge < -0.3 is 14.2 Å². The summed E-state index contributed by atoms with van der Waals surface area (Å²) >= 11 is 0. The third-order valence-electron chi connectivity index (χ3n) is 3.77. The fourth-order valence-electron chi connectivity index (χ4n) is 2.45. The quantitative estimate of drug-likeness (QED) is 0.577. The number of hydrogen-bond donors (Lipinski definition) is 0. The first kappa shape index (κ1) is 16.5. The van der Waals surface area contributed by atoms with Gasteiger partial charge in [-0.3, -0.25) is 9.78 Å². The molecule has 3 rings (SSSR count). The number of aromatic nitrogens is 1. The molecule has 0 spiro atoms. The van der Waals surface area contributed by atoms with E-state index in [1.807, 2.05) is 0 Å². The summed E-state index contributed by atoms with van der Waals surface area (Å²) in [4.78, 5) is 16.6. The van der Waals surface area contributed by atoms with Crippen LogP contribution in [0.5, 0.6) is 11.5 Å². The maximum atomic E-state index is 12.5. The maximum absolute atomic E-state index is 12.5. The standard InChI is InChI=1S/C19H21NO4/c1-2-3-10-22-12-15-13-23-17-8-7-14(11-18(17)24-15)19(21)16-6-4-5-9-20-16/h4-9,11,15H,2-3,10,12-13H2,1H3. The summed E-state index contributed by atoms with van der Waals surface area (Å²) in [6, 6.07) is 10.5. The van der Waals surface area contributed by atoms with Gasteiger partial charge in [0.25, 0.3) is 0 Å². The zero-order chi connectivity index (χ0) is 16.8. The highest BCUT2D eigenvalue weighted by Gasteiger charge is 2.23. The highest BCUT2D eigenvalue weighted by molar-refractivity contribution is 6.08. The minimum Gasteiger partial charge on any atom is -0.486 e. The zero-order valence-corrected chi connectivity index (χ0v) is 13.7. The molecule has 0 fully saturated rings. The van der Waals surface area contributed by atoms with Crippen LogP contribution in [0.25, 0.3) is 0 Å². The smallest absolute Gasteiger partial charge is 0.211 e. The monoisotopic (exact) mass is 327 g/mol. The summed E-state index contributed by atoms with van der Waals surface area (Å²) in [5.41, 5.74) is 0.942. The number of rotatable bonds is 7. The van der Waals surface area contributed by atoms with E-state index in [1.165, 1.54) is 0 Å². The van der Waals surface area contributed by atoms with Crippen molar-refractivity contribution >= 4 is 5.78 Å². The van der Waals surface area contributed by atoms with Crippen molar-refractivity contribution in [3.05, 3.63) is 53.9 Å². The van der Waals surface area contributed by atoms with Gasteiger partial charge in [0.15, 0.2) is 17.6 Å². The molecule has 1 atom stereocenters. The van der Waals surface area contributed by atoms with Crippen LogP contribution in [0.1, 0.15) is 35.8 Å². The van der Waals surface area contributed by atoms with Crippen molar-refractivity contribution < 1.29 is 19.0 Å². The molecule has 0 saturated carbocycles. The number of ether oxygens (including phenoxy) is 3. The van der Waals surface area contributed by atoms with Crippen LogP contribution in [-0.2, 0) is 4.74 Å². The lowest BCUT2D eigenvalue weighted by Gasteiger charge is -2.26. The predicted molar refractivity (Wildman–Crippen MR) is 89.7 cm³/mol. The van der Waals surface area contributed by atoms with Crippen LogP contribution < -0.4 is 9.47 Å². The van der Waals surface area contributed by atoms with E-state index in [9.17, 15) is 4.79 Å². The fraction of sp³-hybridized carbons (Fsp3) is 0.368. The summed E-state index contributed by atoms with van der Waals surface area (Å²) in [5, 5.41) is 0. The van der Waals surface area contributed by atoms with Crippen molar-refractivity contribution in [3.63, 3.8) is 0 Å². The minimum absolute atomic E-state index is 0.136. The number of benzene rings is 1. The normalized spacial score (nSPS) is 16.0. The molecule has 1 aromatic carbocycles. The lowest BCUT2D eigenvalue weighted by atomic mass is 10.1. The Morgan fingerprint density at radius 1 is 1.29 bits per heavy atom. The van der Waals surface area contributed by atoms with Gasteiger partial charge in [0.05, 0.1) is 6.61 Å². The Morgan fingerprint density at radius 2 is 2.21 bits per heavy atom. The van der Waals surface area contributed by atoms with Crippen molar-refractivity contribution in [1.29, 1.82) is 0 Å². The van der Waals surface area contributed by atoms with E-state index in [0.29, 0.717) is 36.0 Å². The van der Waals surface area contributed by atoms with Gasteiger partial charge in [-0.2, -0.15) is 0 Å². The van der Waals surface area contributed by atoms with Crippen LogP contribution >= 0.6 is 0 Å². The second-order valence-corrected chi connectivity index (χ2v) is 5.68. The third-order valence-corrected chi connectivity index (χ3v) is 3.77. The molecule has 0 N–H and O–H groups in total. The summed E-state index contributed by atoms with van der Waals surface area (Å²) in [6.45, 7) is 3.78. The van der Waals surface area contributed by atoms with Crippen molar-refractivity contribution in [2.45, 2.75) is 25.9 Å². The molecule has 126 valence electrons. The Kier molecular flexibility index (Phi) is 5.43. The molecule has 0 radical (unpaired) electrons. The number of nitrogens with zero attached hydrogens (tertiary/aromatic N) is 1. The van der Waals surface area contributed by atoms with E-state index in [0.717, 1.165) is 19.4 Å². The number of carbonyl (C=O) groups excluding carboxylic acids is 1. The van der Waals surface area contributed by atoms with Gasteiger partial charge in [-0.1, -0.05) is 19.4 Å². The first-order valence-electron chi connectivity index (χ1n) is 8.25. The van der Waals surface area contributed by atoms with E-state index >= 15 is 0 Å². The molecule has 2 aromatic rings. The summed E-state index contributed by atoms with van der Waals surface area (Å²) in [5.74, 6) is 1.09. The number of pyridine rings is 1. The van der Waals surface area contributed by atoms with Crippen LogP contribution in [0.2, 0.25) is 0 Å². The van der Waals surface area contributed by atoms with E-state index in [1.54, 1.807) is 42.6 Å². The zero-order valence-electron chi connectivity index (χ0n) is 13.7. The third kappa shape index (κ3) is 3.92. The number of unbranched alkanes of at least 4 members (excludes halogenated alkanes) is 1. The summed E-state index contributed by atoms with van der Waals surface area (Å²) in [7, 11) is 0. The highest BCUT2D eigenvalue weighted by atomic mass is 16.6. The van der Waals surface area contributed by atoms with Crippen molar-refractivity contribution in [3.8, 4) is 11.5 Å². The molecule has 1 aliphatic rings. The largest absolute Gasteiger partial charge is 0.486 e. The van der Waals surface area contributed by atoms with Gasteiger partial charge in [0.1, 0.15) is 12.3 Å². The van der Waals surface area contributed by atoms with Crippen molar-refractivity contribution in [2.24, 2.45) is 0 Å². The molecule has 2 heterocycles. The van der Waals surface area contributed by atoms with E-state index in [4.69, 9.17) is 14.2 Å². The second kappa shape index (κ2) is 7.93. The number of hydrogen-bond acceptors (Lipinski definition) is 5. The lowest BCUT2D eigenvalue weighted by Crippen LogP contribution is -2.33. The molecule has 0 aliphatic carbocycles. The van der Waals surface area contributed by atoms with Crippen LogP contribution in [-0.4, -0.2) is 36.7 Å². The molecule has 0 amide bonds. The van der Waals surface area contributed by atoms with Gasteiger partial charge in [-0.05, 0) is 36.8 Å². The average molecular weight is 327 g/mol. The van der Waals surface area contributed by atoms with E-state index < -0.39 is 0 Å². The van der Waals surface area contributed by atoms with Gasteiger partial charge >= 0.3 is 0 Å². The second-order valence-electron chi connectivity index (χ2n) is 5.68. The molecule has 0 saturated heterocycles. The SMILES string of the molecule is CCCCOCC1COc2ccc(C(=O)c3ccccn3)cc2O1. The van der Waals surface area contributed by atoms with Crippen molar-refractivity contribution in [1.82, 2.24) is 4.98 Å². The summed E-state index contributed by atoms with van der Waals surface area (Å²) in [6.07, 6.45) is 3.58. The van der Waals surface area contributed by atoms with Gasteiger partial charge in [0, 0.05) is 18.4 Å². The molecule has 24 heavy (non-hydrogen) atoms. The minimum atomic E-state index is -0.158. The predicted octanol–water partition coefficient (Wildman–Crippen LogP) is 3.27. The molecule has 1 aliphatic heterocycles. The maximum Gasteiger partial charge on any atom is 0.211 e. The van der Waals surface area contributed by atoms with Gasteiger partial charge in [-0.15, -0.1) is 0 Å². The van der Waals surface area contributed by atoms with Crippen molar-refractivity contribution in [2.75, 3.05) is 19.8 Å².